The van der Waals surface area contributed by atoms with Gasteiger partial charge in [0.25, 0.3) is 17.5 Å². The molecule has 2 aromatic carbocycles. The Kier molecular flexibility index (Phi) is 6.29. The van der Waals surface area contributed by atoms with E-state index in [1.807, 2.05) is 37.3 Å². The van der Waals surface area contributed by atoms with Gasteiger partial charge in [-0.1, -0.05) is 42.5 Å². The molecule has 9 heteroatoms. The Morgan fingerprint density at radius 2 is 1.72 bits per heavy atom. The molecule has 1 aliphatic rings. The van der Waals surface area contributed by atoms with Gasteiger partial charge in [-0.25, -0.2) is 0 Å². The van der Waals surface area contributed by atoms with Crippen LogP contribution in [0.5, 0.6) is 0 Å². The van der Waals surface area contributed by atoms with E-state index in [2.05, 4.69) is 5.32 Å². The standard InChI is InChI=1S/C23H21N3O5S/c1-15-19(23(28)25-11-13-31-14-12-25)22(32-20(15)16-7-3-2-4-8-16)24-21(27)17-9-5-6-10-18(17)26(29)30/h2-10H,11-14H2,1H3,(H,24,27). The van der Waals surface area contributed by atoms with Crippen LogP contribution in [0.4, 0.5) is 10.7 Å². The largest absolute Gasteiger partial charge is 0.378 e. The fourth-order valence-corrected chi connectivity index (χ4v) is 4.84. The molecular formula is C23H21N3O5S. The van der Waals surface area contributed by atoms with Gasteiger partial charge in [-0.15, -0.1) is 11.3 Å². The van der Waals surface area contributed by atoms with Crippen LogP contribution in [-0.2, 0) is 4.74 Å². The maximum atomic E-state index is 13.4. The second-order valence-corrected chi connectivity index (χ2v) is 8.28. The van der Waals surface area contributed by atoms with E-state index in [9.17, 15) is 19.7 Å². The summed E-state index contributed by atoms with van der Waals surface area (Å²) in [4.78, 5) is 39.7. The van der Waals surface area contributed by atoms with E-state index in [-0.39, 0.29) is 17.2 Å². The average Bonchev–Trinajstić information content (AvgIpc) is 3.15. The van der Waals surface area contributed by atoms with Gasteiger partial charge in [0, 0.05) is 24.0 Å². The third-order valence-corrected chi connectivity index (χ3v) is 6.52. The van der Waals surface area contributed by atoms with Gasteiger partial charge in [0.05, 0.1) is 23.7 Å². The highest BCUT2D eigenvalue weighted by Crippen LogP contribution is 2.41. The maximum Gasteiger partial charge on any atom is 0.282 e. The molecule has 1 aromatic heterocycles. The number of nitro groups is 1. The number of hydrogen-bond donors (Lipinski definition) is 1. The van der Waals surface area contributed by atoms with Crippen LogP contribution in [0.15, 0.2) is 54.6 Å². The van der Waals surface area contributed by atoms with Crippen LogP contribution in [0, 0.1) is 17.0 Å². The van der Waals surface area contributed by atoms with Crippen molar-refractivity contribution < 1.29 is 19.2 Å². The second-order valence-electron chi connectivity index (χ2n) is 7.26. The molecule has 0 unspecified atom stereocenters. The predicted molar refractivity (Wildman–Crippen MR) is 122 cm³/mol. The third-order valence-electron chi connectivity index (χ3n) is 5.27. The minimum atomic E-state index is -0.630. The van der Waals surface area contributed by atoms with Crippen molar-refractivity contribution >= 4 is 33.8 Å². The summed E-state index contributed by atoms with van der Waals surface area (Å²) in [6, 6.07) is 15.3. The number of carbonyl (C=O) groups excluding carboxylic acids is 2. The third kappa shape index (κ3) is 4.25. The fourth-order valence-electron chi connectivity index (χ4n) is 3.64. The number of nitrogens with zero attached hydrogens (tertiary/aromatic N) is 2. The van der Waals surface area contributed by atoms with E-state index >= 15 is 0 Å². The Hall–Kier alpha value is -3.56. The molecule has 1 aliphatic heterocycles. The van der Waals surface area contributed by atoms with Crippen LogP contribution in [0.1, 0.15) is 26.3 Å². The van der Waals surface area contributed by atoms with Crippen molar-refractivity contribution in [2.45, 2.75) is 6.92 Å². The molecule has 2 amide bonds. The van der Waals surface area contributed by atoms with Crippen molar-refractivity contribution in [1.29, 1.82) is 0 Å². The Bertz CT molecular complexity index is 1170. The molecule has 0 atom stereocenters. The molecule has 4 rings (SSSR count). The zero-order chi connectivity index (χ0) is 22.7. The number of rotatable bonds is 5. The zero-order valence-corrected chi connectivity index (χ0v) is 18.2. The van der Waals surface area contributed by atoms with Crippen LogP contribution in [0.2, 0.25) is 0 Å². The minimum Gasteiger partial charge on any atom is -0.378 e. The second kappa shape index (κ2) is 9.29. The lowest BCUT2D eigenvalue weighted by molar-refractivity contribution is -0.385. The first-order valence-corrected chi connectivity index (χ1v) is 10.9. The van der Waals surface area contributed by atoms with Gasteiger partial charge in [-0.2, -0.15) is 0 Å². The molecule has 2 heterocycles. The van der Waals surface area contributed by atoms with Crippen LogP contribution in [-0.4, -0.2) is 47.9 Å². The Balaban J connectivity index is 1.76. The summed E-state index contributed by atoms with van der Waals surface area (Å²) in [5.74, 6) is -0.823. The molecule has 3 aromatic rings. The van der Waals surface area contributed by atoms with Gasteiger partial charge < -0.3 is 15.0 Å². The van der Waals surface area contributed by atoms with Gasteiger partial charge >= 0.3 is 0 Å². The topological polar surface area (TPSA) is 102 Å². The van der Waals surface area contributed by atoms with Crippen molar-refractivity contribution in [3.05, 3.63) is 81.4 Å². The summed E-state index contributed by atoms with van der Waals surface area (Å²) in [7, 11) is 0. The van der Waals surface area contributed by atoms with E-state index < -0.39 is 10.8 Å². The summed E-state index contributed by atoms with van der Waals surface area (Å²) in [6.07, 6.45) is 0. The lowest BCUT2D eigenvalue weighted by Crippen LogP contribution is -2.41. The molecule has 0 bridgehead atoms. The molecule has 0 spiro atoms. The SMILES string of the molecule is Cc1c(-c2ccccc2)sc(NC(=O)c2ccccc2[N+](=O)[O-])c1C(=O)N1CCOCC1. The Labute approximate surface area is 188 Å². The number of carbonyl (C=O) groups is 2. The van der Waals surface area contributed by atoms with Crippen LogP contribution in [0.3, 0.4) is 0 Å². The zero-order valence-electron chi connectivity index (χ0n) is 17.4. The fraction of sp³-hybridized carbons (Fsp3) is 0.217. The van der Waals surface area contributed by atoms with Gasteiger partial charge in [-0.3, -0.25) is 19.7 Å². The van der Waals surface area contributed by atoms with Crippen LogP contribution < -0.4 is 5.32 Å². The molecular weight excluding hydrogens is 430 g/mol. The molecule has 32 heavy (non-hydrogen) atoms. The predicted octanol–water partition coefficient (Wildman–Crippen LogP) is 4.36. The Morgan fingerprint density at radius 1 is 1.06 bits per heavy atom. The molecule has 164 valence electrons. The van der Waals surface area contributed by atoms with E-state index in [1.54, 1.807) is 11.0 Å². The van der Waals surface area contributed by atoms with E-state index in [4.69, 9.17) is 4.74 Å². The molecule has 0 aliphatic carbocycles. The minimum absolute atomic E-state index is 0.0606. The summed E-state index contributed by atoms with van der Waals surface area (Å²) in [5, 5.41) is 14.5. The van der Waals surface area contributed by atoms with Crippen LogP contribution in [0.25, 0.3) is 10.4 Å². The van der Waals surface area contributed by atoms with Crippen molar-refractivity contribution in [3.8, 4) is 10.4 Å². The van der Waals surface area contributed by atoms with Crippen molar-refractivity contribution in [2.75, 3.05) is 31.6 Å². The number of morpholine rings is 1. The lowest BCUT2D eigenvalue weighted by atomic mass is 10.1. The summed E-state index contributed by atoms with van der Waals surface area (Å²) >= 11 is 1.29. The van der Waals surface area contributed by atoms with Crippen molar-refractivity contribution in [1.82, 2.24) is 4.90 Å². The normalized spacial score (nSPS) is 13.6. The van der Waals surface area contributed by atoms with Gasteiger partial charge in [0.2, 0.25) is 0 Å². The van der Waals surface area contributed by atoms with E-state index in [0.717, 1.165) is 16.0 Å². The molecule has 1 N–H and O–H groups in total. The number of thiophene rings is 1. The maximum absolute atomic E-state index is 13.4. The van der Waals surface area contributed by atoms with E-state index in [0.29, 0.717) is 36.9 Å². The quantitative estimate of drug-likeness (QED) is 0.459. The summed E-state index contributed by atoms with van der Waals surface area (Å²) in [6.45, 7) is 3.70. The summed E-state index contributed by atoms with van der Waals surface area (Å²) in [5.41, 5.74) is 1.74. The van der Waals surface area contributed by atoms with Gasteiger partial charge in [0.1, 0.15) is 10.6 Å². The van der Waals surface area contributed by atoms with Crippen molar-refractivity contribution in [2.24, 2.45) is 0 Å². The summed E-state index contributed by atoms with van der Waals surface area (Å²) < 4.78 is 5.35. The first-order valence-electron chi connectivity index (χ1n) is 10.1. The molecule has 8 nitrogen and oxygen atoms in total. The van der Waals surface area contributed by atoms with Gasteiger partial charge in [0.15, 0.2) is 0 Å². The first-order chi connectivity index (χ1) is 15.5. The number of para-hydroxylation sites is 1. The molecule has 1 fully saturated rings. The average molecular weight is 452 g/mol. The Morgan fingerprint density at radius 3 is 2.41 bits per heavy atom. The highest BCUT2D eigenvalue weighted by Gasteiger charge is 2.29. The smallest absolute Gasteiger partial charge is 0.282 e. The number of nitro benzene ring substituents is 1. The molecule has 0 radical (unpaired) electrons. The number of nitrogens with one attached hydrogen (secondary N) is 1. The highest BCUT2D eigenvalue weighted by atomic mass is 32.1. The monoisotopic (exact) mass is 451 g/mol. The number of hydrogen-bond acceptors (Lipinski definition) is 6. The van der Waals surface area contributed by atoms with Gasteiger partial charge in [-0.05, 0) is 24.1 Å². The molecule has 0 saturated carbocycles. The lowest BCUT2D eigenvalue weighted by Gasteiger charge is -2.27. The number of anilines is 1. The number of amides is 2. The van der Waals surface area contributed by atoms with Crippen molar-refractivity contribution in [3.63, 3.8) is 0 Å². The number of ether oxygens (including phenoxy) is 1. The first kappa shape index (κ1) is 21.7. The molecule has 1 saturated heterocycles. The number of benzene rings is 2. The van der Waals surface area contributed by atoms with Crippen LogP contribution >= 0.6 is 11.3 Å². The highest BCUT2D eigenvalue weighted by molar-refractivity contribution is 7.20. The van der Waals surface area contributed by atoms with E-state index in [1.165, 1.54) is 29.5 Å².